The molecule has 1 aromatic heterocycles. The molecule has 3 aromatic rings. The molecule has 2 aromatic carbocycles. The van der Waals surface area contributed by atoms with Crippen molar-refractivity contribution in [3.8, 4) is 5.75 Å². The molecule has 33 heavy (non-hydrogen) atoms. The summed E-state index contributed by atoms with van der Waals surface area (Å²) in [4.78, 5) is 6.35. The standard InChI is InChI=1S/C19H22N2O3.C7H6F2/c1-21(2)11-13-15(12-7-4-3-5-8-12)18-19(23,17(13)22)16-14(24-18)9-6-10-20-16;8-7(9)6-4-2-1-3-5-6/h3-10,13,15,17-18,22-23H,11H2,1-2H3;1-5,7H. The van der Waals surface area contributed by atoms with E-state index in [1.165, 1.54) is 12.1 Å². The Morgan fingerprint density at radius 3 is 2.21 bits per heavy atom. The van der Waals surface area contributed by atoms with Crippen LogP contribution in [0.3, 0.4) is 0 Å². The summed E-state index contributed by atoms with van der Waals surface area (Å²) < 4.78 is 29.6. The minimum atomic E-state index is -2.34. The molecule has 1 fully saturated rings. The zero-order valence-corrected chi connectivity index (χ0v) is 18.6. The van der Waals surface area contributed by atoms with Gasteiger partial charge in [0, 0.05) is 30.1 Å². The van der Waals surface area contributed by atoms with Crippen LogP contribution in [0.2, 0.25) is 0 Å². The number of ether oxygens (including phenoxy) is 1. The van der Waals surface area contributed by atoms with Gasteiger partial charge in [0.2, 0.25) is 0 Å². The number of nitrogens with zero attached hydrogens (tertiary/aromatic N) is 2. The maximum Gasteiger partial charge on any atom is 0.263 e. The van der Waals surface area contributed by atoms with Crippen molar-refractivity contribution in [2.24, 2.45) is 5.92 Å². The second kappa shape index (κ2) is 9.55. The lowest BCUT2D eigenvalue weighted by Gasteiger charge is -2.28. The molecule has 2 N–H and O–H groups in total. The highest BCUT2D eigenvalue weighted by molar-refractivity contribution is 5.44. The smallest absolute Gasteiger partial charge is 0.263 e. The Kier molecular flexibility index (Phi) is 6.74. The number of alkyl halides is 2. The van der Waals surface area contributed by atoms with Gasteiger partial charge in [-0.1, -0.05) is 60.7 Å². The lowest BCUT2D eigenvalue weighted by molar-refractivity contribution is -0.102. The number of pyridine rings is 1. The number of aromatic nitrogens is 1. The van der Waals surface area contributed by atoms with Crippen molar-refractivity contribution >= 4 is 0 Å². The fraction of sp³-hybridized carbons (Fsp3) is 0.346. The van der Waals surface area contributed by atoms with Crippen LogP contribution in [0.25, 0.3) is 0 Å². The molecule has 174 valence electrons. The van der Waals surface area contributed by atoms with Crippen LogP contribution in [0, 0.1) is 5.92 Å². The molecule has 5 nitrogen and oxygen atoms in total. The van der Waals surface area contributed by atoms with Gasteiger partial charge in [0.05, 0.1) is 6.10 Å². The fourth-order valence-electron chi connectivity index (χ4n) is 4.88. The van der Waals surface area contributed by atoms with Gasteiger partial charge in [-0.15, -0.1) is 0 Å². The van der Waals surface area contributed by atoms with Gasteiger partial charge in [0.25, 0.3) is 6.43 Å². The Hall–Kier alpha value is -2.87. The number of halogens is 2. The molecule has 0 spiro atoms. The second-order valence-corrected chi connectivity index (χ2v) is 8.73. The molecule has 0 saturated heterocycles. The molecule has 0 amide bonds. The van der Waals surface area contributed by atoms with Gasteiger partial charge < -0.3 is 19.8 Å². The number of hydrogen-bond acceptors (Lipinski definition) is 5. The van der Waals surface area contributed by atoms with Crippen LogP contribution < -0.4 is 4.74 Å². The third-order valence-corrected chi connectivity index (χ3v) is 6.29. The average Bonchev–Trinajstić information content (AvgIpc) is 3.23. The zero-order valence-electron chi connectivity index (χ0n) is 18.6. The Balaban J connectivity index is 0.000000243. The Labute approximate surface area is 192 Å². The molecule has 1 saturated carbocycles. The van der Waals surface area contributed by atoms with E-state index in [0.717, 1.165) is 5.56 Å². The van der Waals surface area contributed by atoms with Gasteiger partial charge >= 0.3 is 0 Å². The molecule has 2 heterocycles. The van der Waals surface area contributed by atoms with Crippen LogP contribution in [0.15, 0.2) is 79.0 Å². The highest BCUT2D eigenvalue weighted by Crippen LogP contribution is 2.57. The number of hydrogen-bond donors (Lipinski definition) is 2. The van der Waals surface area contributed by atoms with E-state index < -0.39 is 24.2 Å². The van der Waals surface area contributed by atoms with Crippen molar-refractivity contribution in [3.63, 3.8) is 0 Å². The first-order valence-corrected chi connectivity index (χ1v) is 10.9. The van der Waals surface area contributed by atoms with Gasteiger partial charge in [-0.05, 0) is 31.8 Å². The molecule has 1 aliphatic carbocycles. The predicted molar refractivity (Wildman–Crippen MR) is 121 cm³/mol. The minimum absolute atomic E-state index is 0.0810. The molecule has 1 aliphatic heterocycles. The lowest BCUT2D eigenvalue weighted by Crippen LogP contribution is -2.44. The third-order valence-electron chi connectivity index (χ3n) is 6.29. The van der Waals surface area contributed by atoms with Crippen molar-refractivity contribution in [3.05, 3.63) is 95.8 Å². The quantitative estimate of drug-likeness (QED) is 0.624. The number of fused-ring (bicyclic) bond motifs is 3. The summed E-state index contributed by atoms with van der Waals surface area (Å²) in [6.07, 6.45) is -2.19. The van der Waals surface area contributed by atoms with Crippen LogP contribution in [0.1, 0.15) is 29.2 Å². The van der Waals surface area contributed by atoms with Gasteiger partial charge in [0.1, 0.15) is 17.5 Å². The zero-order chi connectivity index (χ0) is 23.6. The summed E-state index contributed by atoms with van der Waals surface area (Å²) in [6, 6.07) is 21.3. The first kappa shape index (κ1) is 23.3. The van der Waals surface area contributed by atoms with Gasteiger partial charge in [-0.25, -0.2) is 8.78 Å². The third kappa shape index (κ3) is 4.36. The Morgan fingerprint density at radius 2 is 1.64 bits per heavy atom. The van der Waals surface area contributed by atoms with E-state index in [9.17, 15) is 19.0 Å². The molecule has 2 aliphatic rings. The SMILES string of the molecule is CN(C)CC1C(c2ccccc2)C2Oc3cccnc3C2(O)C1O.FC(F)c1ccccc1. The fourth-order valence-corrected chi connectivity index (χ4v) is 4.88. The van der Waals surface area contributed by atoms with Crippen LogP contribution >= 0.6 is 0 Å². The van der Waals surface area contributed by atoms with Gasteiger partial charge in [-0.3, -0.25) is 4.98 Å². The largest absolute Gasteiger partial charge is 0.484 e. The van der Waals surface area contributed by atoms with Crippen molar-refractivity contribution in [2.45, 2.75) is 30.2 Å². The summed E-state index contributed by atoms with van der Waals surface area (Å²) in [7, 11) is 3.94. The Morgan fingerprint density at radius 1 is 1.00 bits per heavy atom. The van der Waals surface area contributed by atoms with Gasteiger partial charge in [-0.2, -0.15) is 0 Å². The summed E-state index contributed by atoms with van der Waals surface area (Å²) in [6.45, 7) is 0.658. The number of aliphatic hydroxyl groups excluding tert-OH is 1. The molecule has 0 bridgehead atoms. The van der Waals surface area contributed by atoms with E-state index >= 15 is 0 Å². The number of rotatable bonds is 4. The summed E-state index contributed by atoms with van der Waals surface area (Å²) in [5.74, 6) is 0.309. The van der Waals surface area contributed by atoms with Crippen molar-refractivity contribution in [1.82, 2.24) is 9.88 Å². The summed E-state index contributed by atoms with van der Waals surface area (Å²) >= 11 is 0. The molecular weight excluding hydrogens is 426 g/mol. The second-order valence-electron chi connectivity index (χ2n) is 8.73. The van der Waals surface area contributed by atoms with Crippen molar-refractivity contribution < 1.29 is 23.7 Å². The van der Waals surface area contributed by atoms with E-state index in [-0.39, 0.29) is 17.4 Å². The normalized spacial score (nSPS) is 27.5. The van der Waals surface area contributed by atoms with E-state index in [1.54, 1.807) is 36.5 Å². The Bertz CT molecular complexity index is 1050. The summed E-state index contributed by atoms with van der Waals surface area (Å²) in [5, 5.41) is 22.5. The highest BCUT2D eigenvalue weighted by atomic mass is 19.3. The number of aliphatic hydroxyl groups is 2. The van der Waals surface area contributed by atoms with Crippen LogP contribution in [-0.2, 0) is 5.60 Å². The maximum absolute atomic E-state index is 11.8. The van der Waals surface area contributed by atoms with E-state index in [2.05, 4.69) is 4.98 Å². The first-order chi connectivity index (χ1) is 15.8. The molecule has 5 rings (SSSR count). The van der Waals surface area contributed by atoms with Crippen molar-refractivity contribution in [1.29, 1.82) is 0 Å². The van der Waals surface area contributed by atoms with Crippen LogP contribution in [0.4, 0.5) is 8.78 Å². The molecule has 5 atom stereocenters. The van der Waals surface area contributed by atoms with Crippen LogP contribution in [0.5, 0.6) is 5.75 Å². The topological polar surface area (TPSA) is 65.8 Å². The number of benzene rings is 2. The maximum atomic E-state index is 11.8. The molecule has 7 heteroatoms. The summed E-state index contributed by atoms with van der Waals surface area (Å²) in [5.41, 5.74) is 0.122. The average molecular weight is 455 g/mol. The highest BCUT2D eigenvalue weighted by Gasteiger charge is 2.66. The van der Waals surface area contributed by atoms with Gasteiger partial charge in [0.15, 0.2) is 5.60 Å². The van der Waals surface area contributed by atoms with Crippen LogP contribution in [-0.4, -0.2) is 52.9 Å². The first-order valence-electron chi connectivity index (χ1n) is 10.9. The van der Waals surface area contributed by atoms with E-state index in [1.807, 2.05) is 49.3 Å². The predicted octanol–water partition coefficient (Wildman–Crippen LogP) is 3.99. The lowest BCUT2D eigenvalue weighted by atomic mass is 9.86. The molecule has 5 unspecified atom stereocenters. The monoisotopic (exact) mass is 454 g/mol. The van der Waals surface area contributed by atoms with E-state index in [4.69, 9.17) is 4.74 Å². The minimum Gasteiger partial charge on any atom is -0.484 e. The molecular formula is C26H28F2N2O3. The molecule has 0 radical (unpaired) electrons. The van der Waals surface area contributed by atoms with E-state index in [0.29, 0.717) is 18.0 Å². The van der Waals surface area contributed by atoms with Crippen molar-refractivity contribution in [2.75, 3.05) is 20.6 Å².